The predicted molar refractivity (Wildman–Crippen MR) is 147 cm³/mol. The fourth-order valence-corrected chi connectivity index (χ4v) is 5.82. The zero-order valence-electron chi connectivity index (χ0n) is 22.8. The molecule has 1 aromatic carbocycles. The second kappa shape index (κ2) is 12.1. The summed E-state index contributed by atoms with van der Waals surface area (Å²) in [5, 5.41) is 17.9. The van der Waals surface area contributed by atoms with E-state index in [0.717, 1.165) is 21.7 Å². The van der Waals surface area contributed by atoms with Crippen LogP contribution < -0.4 is 10.1 Å². The minimum absolute atomic E-state index is 0.0682. The van der Waals surface area contributed by atoms with E-state index in [4.69, 9.17) is 4.74 Å². The van der Waals surface area contributed by atoms with Gasteiger partial charge in [-0.15, -0.1) is 11.3 Å². The Morgan fingerprint density at radius 3 is 2.59 bits per heavy atom. The third kappa shape index (κ3) is 6.20. The van der Waals surface area contributed by atoms with Gasteiger partial charge in [-0.05, 0) is 30.9 Å². The second-order valence-corrected chi connectivity index (χ2v) is 11.1. The van der Waals surface area contributed by atoms with Gasteiger partial charge < -0.3 is 20.1 Å². The molecule has 11 heteroatoms. The summed E-state index contributed by atoms with van der Waals surface area (Å²) in [4.78, 5) is 44.8. The number of likely N-dealkylation sites (tertiary alicyclic amines) is 1. The van der Waals surface area contributed by atoms with Gasteiger partial charge in [0, 0.05) is 26.1 Å². The van der Waals surface area contributed by atoms with Crippen molar-refractivity contribution >= 4 is 29.4 Å². The summed E-state index contributed by atoms with van der Waals surface area (Å²) in [5.74, 6) is -0.999. The summed E-state index contributed by atoms with van der Waals surface area (Å²) < 4.78 is 6.88. The number of aryl methyl sites for hydroxylation is 2. The zero-order chi connectivity index (χ0) is 28.3. The van der Waals surface area contributed by atoms with Gasteiger partial charge >= 0.3 is 0 Å². The van der Waals surface area contributed by atoms with E-state index in [0.29, 0.717) is 17.9 Å². The highest BCUT2D eigenvalue weighted by Gasteiger charge is 2.43. The first-order valence-corrected chi connectivity index (χ1v) is 13.9. The molecule has 4 atom stereocenters. The number of β-amino-alcohol motifs (C(OH)–C–C–N with tert-alkyl or cyclic N) is 1. The molecule has 3 aromatic rings. The molecular weight excluding hydrogens is 518 g/mol. The van der Waals surface area contributed by atoms with Crippen molar-refractivity contribution in [2.24, 2.45) is 13.0 Å². The van der Waals surface area contributed by atoms with Gasteiger partial charge in [-0.2, -0.15) is 5.10 Å². The fraction of sp³-hybridized carbons (Fsp3) is 0.464. The molecule has 4 rings (SSSR count). The van der Waals surface area contributed by atoms with Crippen LogP contribution in [0, 0.1) is 12.8 Å². The van der Waals surface area contributed by atoms with Crippen molar-refractivity contribution < 1.29 is 24.2 Å². The number of thiazole rings is 1. The Bertz CT molecular complexity index is 1320. The molecule has 0 saturated carbocycles. The molecule has 1 fully saturated rings. The number of hydrogen-bond acceptors (Lipinski definition) is 8. The average molecular weight is 554 g/mol. The van der Waals surface area contributed by atoms with Crippen molar-refractivity contribution in [1.29, 1.82) is 0 Å². The van der Waals surface area contributed by atoms with Gasteiger partial charge in [-0.3, -0.25) is 14.4 Å². The highest BCUT2D eigenvalue weighted by Crippen LogP contribution is 2.32. The summed E-state index contributed by atoms with van der Waals surface area (Å²) in [6.07, 6.45) is 0.00332. The van der Waals surface area contributed by atoms with Crippen molar-refractivity contribution in [3.8, 4) is 16.3 Å². The van der Waals surface area contributed by atoms with Crippen LogP contribution in [0.1, 0.15) is 56.1 Å². The lowest BCUT2D eigenvalue weighted by Crippen LogP contribution is -2.48. The summed E-state index contributed by atoms with van der Waals surface area (Å²) in [5.41, 5.74) is 5.30. The smallest absolute Gasteiger partial charge is 0.243 e. The number of benzene rings is 1. The van der Waals surface area contributed by atoms with E-state index in [1.807, 2.05) is 57.5 Å². The Kier molecular flexibility index (Phi) is 8.81. The molecule has 0 bridgehead atoms. The van der Waals surface area contributed by atoms with Gasteiger partial charge in [0.1, 0.15) is 12.6 Å². The number of aliphatic hydroxyl groups excluding tert-OH is 1. The number of ether oxygens (including phenoxy) is 1. The molecule has 1 aliphatic heterocycles. The van der Waals surface area contributed by atoms with Crippen LogP contribution >= 0.6 is 11.3 Å². The normalized spacial score (nSPS) is 18.7. The molecule has 10 nitrogen and oxygen atoms in total. The van der Waals surface area contributed by atoms with E-state index in [1.54, 1.807) is 24.5 Å². The molecule has 2 N–H and O–H groups in total. The Balaban J connectivity index is 1.48. The van der Waals surface area contributed by atoms with Crippen molar-refractivity contribution in [2.75, 3.05) is 13.2 Å². The third-order valence-electron chi connectivity index (χ3n) is 7.05. The number of amides is 2. The van der Waals surface area contributed by atoms with Crippen molar-refractivity contribution in [3.05, 3.63) is 52.8 Å². The summed E-state index contributed by atoms with van der Waals surface area (Å²) in [6.45, 7) is 7.64. The monoisotopic (exact) mass is 553 g/mol. The molecular formula is C28H35N5O5S. The van der Waals surface area contributed by atoms with Gasteiger partial charge in [0.25, 0.3) is 0 Å². The largest absolute Gasteiger partial charge is 0.470 e. The van der Waals surface area contributed by atoms with E-state index in [9.17, 15) is 19.5 Å². The number of aldehydes is 1. The Hall–Kier alpha value is -3.57. The van der Waals surface area contributed by atoms with Crippen LogP contribution in [0.25, 0.3) is 10.4 Å². The summed E-state index contributed by atoms with van der Waals surface area (Å²) in [7, 11) is 1.67. The summed E-state index contributed by atoms with van der Waals surface area (Å²) in [6, 6.07) is 8.54. The molecule has 39 heavy (non-hydrogen) atoms. The number of aliphatic hydroxyl groups is 1. The maximum absolute atomic E-state index is 13.8. The second-order valence-electron chi connectivity index (χ2n) is 10.2. The number of aromatic nitrogens is 3. The van der Waals surface area contributed by atoms with Gasteiger partial charge in [-0.25, -0.2) is 9.67 Å². The van der Waals surface area contributed by atoms with Crippen LogP contribution in [0.2, 0.25) is 0 Å². The number of carbonyl (C=O) groups is 3. The Morgan fingerprint density at radius 1 is 1.26 bits per heavy atom. The number of nitrogens with zero attached hydrogens (tertiary/aromatic N) is 4. The molecule has 2 aromatic heterocycles. The number of rotatable bonds is 10. The first-order valence-electron chi connectivity index (χ1n) is 13.0. The fourth-order valence-electron chi connectivity index (χ4n) is 5.01. The first kappa shape index (κ1) is 28.4. The number of nitrogens with one attached hydrogen (secondary N) is 1. The van der Waals surface area contributed by atoms with Gasteiger partial charge in [0.15, 0.2) is 6.29 Å². The van der Waals surface area contributed by atoms with Crippen LogP contribution in [0.3, 0.4) is 0 Å². The number of carbonyl (C=O) groups excluding carboxylic acids is 3. The molecule has 0 aliphatic carbocycles. The van der Waals surface area contributed by atoms with Crippen LogP contribution in [-0.2, 0) is 21.4 Å². The highest BCUT2D eigenvalue weighted by molar-refractivity contribution is 7.13. The first-order chi connectivity index (χ1) is 18.6. The molecule has 0 spiro atoms. The van der Waals surface area contributed by atoms with E-state index in [2.05, 4.69) is 15.4 Å². The minimum atomic E-state index is -0.801. The van der Waals surface area contributed by atoms with Crippen molar-refractivity contribution in [2.45, 2.75) is 58.2 Å². The molecule has 208 valence electrons. The molecule has 3 heterocycles. The van der Waals surface area contributed by atoms with Crippen LogP contribution in [0.4, 0.5) is 0 Å². The quantitative estimate of drug-likeness (QED) is 0.370. The van der Waals surface area contributed by atoms with E-state index < -0.39 is 18.1 Å². The van der Waals surface area contributed by atoms with Crippen molar-refractivity contribution in [3.63, 3.8) is 0 Å². The topological polar surface area (TPSA) is 127 Å². The molecule has 1 aliphatic rings. The summed E-state index contributed by atoms with van der Waals surface area (Å²) >= 11 is 1.59. The van der Waals surface area contributed by atoms with Crippen LogP contribution in [0.5, 0.6) is 5.88 Å². The minimum Gasteiger partial charge on any atom is -0.470 e. The standard InChI is InChI=1S/C28H35N5O5S/c1-16(2)25(22-13-24(32(5)31-22)38-11-10-34)28(37)33-14-21(35)12-23(33)27(36)30-17(3)19-6-8-20(9-7-19)26-18(4)29-15-39-26/h6-10,13,15-17,21,23,25,35H,11-12,14H2,1-5H3,(H,30,36)/t17-,21+,23-,25-/m0/s1. The average Bonchev–Trinajstić information content (AvgIpc) is 3.60. The van der Waals surface area contributed by atoms with Crippen LogP contribution in [-0.4, -0.2) is 68.2 Å². The van der Waals surface area contributed by atoms with Gasteiger partial charge in [0.05, 0.1) is 39.8 Å². The third-order valence-corrected chi connectivity index (χ3v) is 8.03. The SMILES string of the molecule is Cc1ncsc1-c1ccc([C@H](C)NC(=O)[C@@H]2C[C@@H](O)CN2C(=O)[C@H](c2cc(OCC=O)n(C)n2)C(C)C)cc1. The highest BCUT2D eigenvalue weighted by atomic mass is 32.1. The molecule has 0 unspecified atom stereocenters. The number of hydrogen-bond donors (Lipinski definition) is 2. The zero-order valence-corrected chi connectivity index (χ0v) is 23.6. The predicted octanol–water partition coefficient (Wildman–Crippen LogP) is 3.01. The Labute approximate surface area is 232 Å². The van der Waals surface area contributed by atoms with Crippen molar-refractivity contribution in [1.82, 2.24) is 25.0 Å². The lowest BCUT2D eigenvalue weighted by Gasteiger charge is -2.30. The van der Waals surface area contributed by atoms with E-state index in [-0.39, 0.29) is 43.3 Å². The molecule has 2 amide bonds. The molecule has 1 saturated heterocycles. The van der Waals surface area contributed by atoms with E-state index in [1.165, 1.54) is 9.58 Å². The van der Waals surface area contributed by atoms with Gasteiger partial charge in [-0.1, -0.05) is 38.1 Å². The molecule has 0 radical (unpaired) electrons. The van der Waals surface area contributed by atoms with E-state index >= 15 is 0 Å². The van der Waals surface area contributed by atoms with Gasteiger partial charge in [0.2, 0.25) is 17.7 Å². The lowest BCUT2D eigenvalue weighted by molar-refractivity contribution is -0.140. The Morgan fingerprint density at radius 2 is 1.97 bits per heavy atom. The maximum Gasteiger partial charge on any atom is 0.243 e. The lowest BCUT2D eigenvalue weighted by atomic mass is 9.90. The van der Waals surface area contributed by atoms with Crippen LogP contribution in [0.15, 0.2) is 35.8 Å². The maximum atomic E-state index is 13.8.